The quantitative estimate of drug-likeness (QED) is 0.762. The van der Waals surface area contributed by atoms with E-state index < -0.39 is 0 Å². The number of nitrogens with zero attached hydrogens (tertiary/aromatic N) is 1. The summed E-state index contributed by atoms with van der Waals surface area (Å²) in [5, 5.41) is 0. The Bertz CT molecular complexity index is 369. The van der Waals surface area contributed by atoms with Crippen LogP contribution >= 0.6 is 0 Å². The highest BCUT2D eigenvalue weighted by atomic mass is 16.3. The molecule has 0 spiro atoms. The topological polar surface area (TPSA) is 33.5 Å². The van der Waals surface area contributed by atoms with Crippen LogP contribution in [0.1, 0.15) is 37.7 Å². The summed E-state index contributed by atoms with van der Waals surface area (Å²) in [6.07, 6.45) is 1.23. The fraction of sp³-hybridized carbons (Fsp3) is 0.583. The smallest absolute Gasteiger partial charge is 0.219 e. The second kappa shape index (κ2) is 3.72. The van der Waals surface area contributed by atoms with Gasteiger partial charge in [-0.1, -0.05) is 6.92 Å². The summed E-state index contributed by atoms with van der Waals surface area (Å²) in [5.41, 5.74) is 0. The van der Waals surface area contributed by atoms with Crippen molar-refractivity contribution in [3.8, 4) is 0 Å². The molecule has 2 atom stereocenters. The van der Waals surface area contributed by atoms with Crippen LogP contribution in [0.5, 0.6) is 0 Å². The molecule has 0 aliphatic heterocycles. The molecule has 1 heterocycles. The van der Waals surface area contributed by atoms with Gasteiger partial charge in [0.25, 0.3) is 0 Å². The third-order valence-electron chi connectivity index (χ3n) is 3.09. The number of carbonyl (C=O) groups excluding carboxylic acids is 1. The standard InChI is InChI=1S/C12H17NO2/c1-8-6-11(8)12-5-4-10(15-12)7-13(3)9(2)14/h4-5,8,11H,6-7H2,1-3H3/t8-,11+/m0/s1. The number of furan rings is 1. The molecule has 1 aromatic rings. The van der Waals surface area contributed by atoms with Gasteiger partial charge in [-0.2, -0.15) is 0 Å². The van der Waals surface area contributed by atoms with Gasteiger partial charge in [0.2, 0.25) is 5.91 Å². The molecule has 0 radical (unpaired) electrons. The molecular weight excluding hydrogens is 190 g/mol. The van der Waals surface area contributed by atoms with Gasteiger partial charge in [-0.25, -0.2) is 0 Å². The van der Waals surface area contributed by atoms with Crippen LogP contribution in [0.25, 0.3) is 0 Å². The van der Waals surface area contributed by atoms with E-state index in [0.29, 0.717) is 12.5 Å². The molecule has 82 valence electrons. The SMILES string of the molecule is CC(=O)N(C)Cc1ccc([C@@H]2C[C@@H]2C)o1. The third-order valence-corrected chi connectivity index (χ3v) is 3.09. The van der Waals surface area contributed by atoms with Gasteiger partial charge >= 0.3 is 0 Å². The van der Waals surface area contributed by atoms with Crippen molar-refractivity contribution in [2.24, 2.45) is 5.92 Å². The Kier molecular flexibility index (Phi) is 2.55. The highest BCUT2D eigenvalue weighted by Gasteiger charge is 2.36. The van der Waals surface area contributed by atoms with E-state index in [1.165, 1.54) is 6.42 Å². The fourth-order valence-electron chi connectivity index (χ4n) is 1.74. The van der Waals surface area contributed by atoms with Crippen LogP contribution in [0.3, 0.4) is 0 Å². The van der Waals surface area contributed by atoms with Crippen LogP contribution in [-0.4, -0.2) is 17.9 Å². The van der Waals surface area contributed by atoms with Gasteiger partial charge in [-0.3, -0.25) is 4.79 Å². The minimum Gasteiger partial charge on any atom is -0.464 e. The van der Waals surface area contributed by atoms with Crippen molar-refractivity contribution in [1.82, 2.24) is 4.90 Å². The second-order valence-electron chi connectivity index (χ2n) is 4.50. The van der Waals surface area contributed by atoms with Crippen molar-refractivity contribution in [2.75, 3.05) is 7.05 Å². The molecule has 1 aliphatic carbocycles. The summed E-state index contributed by atoms with van der Waals surface area (Å²) in [5.74, 6) is 3.39. The minimum absolute atomic E-state index is 0.0627. The van der Waals surface area contributed by atoms with E-state index in [2.05, 4.69) is 6.92 Å². The van der Waals surface area contributed by atoms with E-state index in [4.69, 9.17) is 4.42 Å². The zero-order chi connectivity index (χ0) is 11.0. The van der Waals surface area contributed by atoms with Crippen molar-refractivity contribution in [1.29, 1.82) is 0 Å². The van der Waals surface area contributed by atoms with Crippen LogP contribution in [0.2, 0.25) is 0 Å². The summed E-state index contributed by atoms with van der Waals surface area (Å²) in [4.78, 5) is 12.7. The zero-order valence-corrected chi connectivity index (χ0v) is 9.49. The first-order valence-corrected chi connectivity index (χ1v) is 5.38. The number of amides is 1. The highest BCUT2D eigenvalue weighted by Crippen LogP contribution is 2.47. The Labute approximate surface area is 90.1 Å². The molecule has 3 heteroatoms. The maximum atomic E-state index is 11.0. The predicted molar refractivity (Wildman–Crippen MR) is 57.4 cm³/mol. The van der Waals surface area contributed by atoms with Gasteiger partial charge in [-0.05, 0) is 24.5 Å². The first-order valence-electron chi connectivity index (χ1n) is 5.38. The van der Waals surface area contributed by atoms with E-state index in [9.17, 15) is 4.79 Å². The van der Waals surface area contributed by atoms with Crippen molar-refractivity contribution in [2.45, 2.75) is 32.7 Å². The van der Waals surface area contributed by atoms with Crippen LogP contribution in [-0.2, 0) is 11.3 Å². The normalized spacial score (nSPS) is 23.9. The molecule has 1 aromatic heterocycles. The number of rotatable bonds is 3. The molecule has 1 amide bonds. The molecular formula is C12H17NO2. The van der Waals surface area contributed by atoms with Crippen molar-refractivity contribution in [3.05, 3.63) is 23.7 Å². The summed E-state index contributed by atoms with van der Waals surface area (Å²) < 4.78 is 5.70. The molecule has 15 heavy (non-hydrogen) atoms. The number of hydrogen-bond donors (Lipinski definition) is 0. The summed E-state index contributed by atoms with van der Waals surface area (Å²) in [6.45, 7) is 4.36. The second-order valence-corrected chi connectivity index (χ2v) is 4.50. The van der Waals surface area contributed by atoms with Crippen LogP contribution in [0.4, 0.5) is 0 Å². The van der Waals surface area contributed by atoms with E-state index in [-0.39, 0.29) is 5.91 Å². The first kappa shape index (κ1) is 10.3. The van der Waals surface area contributed by atoms with Gasteiger partial charge < -0.3 is 9.32 Å². The Morgan fingerprint density at radius 2 is 2.27 bits per heavy atom. The Morgan fingerprint density at radius 1 is 1.60 bits per heavy atom. The lowest BCUT2D eigenvalue weighted by Crippen LogP contribution is -2.22. The van der Waals surface area contributed by atoms with Gasteiger partial charge in [0.05, 0.1) is 6.54 Å². The maximum Gasteiger partial charge on any atom is 0.219 e. The highest BCUT2D eigenvalue weighted by molar-refractivity contribution is 5.72. The van der Waals surface area contributed by atoms with E-state index in [0.717, 1.165) is 17.4 Å². The van der Waals surface area contributed by atoms with Crippen molar-refractivity contribution < 1.29 is 9.21 Å². The van der Waals surface area contributed by atoms with Crippen molar-refractivity contribution >= 4 is 5.91 Å². The lowest BCUT2D eigenvalue weighted by atomic mass is 10.3. The average molecular weight is 207 g/mol. The molecule has 0 bridgehead atoms. The molecule has 3 nitrogen and oxygen atoms in total. The Hall–Kier alpha value is -1.25. The summed E-state index contributed by atoms with van der Waals surface area (Å²) in [6, 6.07) is 4.01. The molecule has 0 N–H and O–H groups in total. The molecule has 0 aromatic carbocycles. The molecule has 0 saturated heterocycles. The average Bonchev–Trinajstić information content (AvgIpc) is 2.73. The van der Waals surface area contributed by atoms with Crippen LogP contribution < -0.4 is 0 Å². The summed E-state index contributed by atoms with van der Waals surface area (Å²) in [7, 11) is 1.78. The van der Waals surface area contributed by atoms with E-state index >= 15 is 0 Å². The largest absolute Gasteiger partial charge is 0.464 e. The summed E-state index contributed by atoms with van der Waals surface area (Å²) >= 11 is 0. The van der Waals surface area contributed by atoms with Gasteiger partial charge in [0.15, 0.2) is 0 Å². The zero-order valence-electron chi connectivity index (χ0n) is 9.49. The van der Waals surface area contributed by atoms with E-state index in [1.54, 1.807) is 18.9 Å². The first-order chi connectivity index (χ1) is 7.08. The van der Waals surface area contributed by atoms with Gasteiger partial charge in [0.1, 0.15) is 11.5 Å². The Balaban J connectivity index is 1.98. The van der Waals surface area contributed by atoms with E-state index in [1.807, 2.05) is 12.1 Å². The fourth-order valence-corrected chi connectivity index (χ4v) is 1.74. The predicted octanol–water partition coefficient (Wildman–Crippen LogP) is 2.38. The number of carbonyl (C=O) groups is 1. The monoisotopic (exact) mass is 207 g/mol. The van der Waals surface area contributed by atoms with Crippen LogP contribution in [0, 0.1) is 5.92 Å². The van der Waals surface area contributed by atoms with Crippen molar-refractivity contribution in [3.63, 3.8) is 0 Å². The van der Waals surface area contributed by atoms with Gasteiger partial charge in [-0.15, -0.1) is 0 Å². The van der Waals surface area contributed by atoms with Crippen LogP contribution in [0.15, 0.2) is 16.5 Å². The lowest BCUT2D eigenvalue weighted by molar-refractivity contribution is -0.128. The van der Waals surface area contributed by atoms with Gasteiger partial charge in [0, 0.05) is 19.9 Å². The maximum absolute atomic E-state index is 11.0. The number of hydrogen-bond acceptors (Lipinski definition) is 2. The third kappa shape index (κ3) is 2.22. The Morgan fingerprint density at radius 3 is 2.80 bits per heavy atom. The molecule has 1 saturated carbocycles. The lowest BCUT2D eigenvalue weighted by Gasteiger charge is -2.12. The molecule has 1 fully saturated rings. The molecule has 2 rings (SSSR count). The molecule has 1 aliphatic rings. The molecule has 0 unspecified atom stereocenters. The minimum atomic E-state index is 0.0627.